The molecule has 0 saturated heterocycles. The molecular weight excluding hydrogens is 445 g/mol. The van der Waals surface area contributed by atoms with Crippen LogP contribution in [-0.4, -0.2) is 6.79 Å². The Morgan fingerprint density at radius 2 is 1.76 bits per heavy atom. The van der Waals surface area contributed by atoms with Crippen LogP contribution in [0.1, 0.15) is 5.56 Å². The fourth-order valence-corrected chi connectivity index (χ4v) is 3.97. The zero-order valence-corrected chi connectivity index (χ0v) is 15.2. The maximum atomic E-state index is 6.20. The van der Waals surface area contributed by atoms with Crippen LogP contribution >= 0.6 is 55.1 Å². The highest BCUT2D eigenvalue weighted by Crippen LogP contribution is 2.40. The van der Waals surface area contributed by atoms with E-state index < -0.39 is 0 Å². The van der Waals surface area contributed by atoms with E-state index in [9.17, 15) is 0 Å². The van der Waals surface area contributed by atoms with Crippen LogP contribution < -0.4 is 14.8 Å². The minimum Gasteiger partial charge on any atom is -0.454 e. The Morgan fingerprint density at radius 3 is 2.48 bits per heavy atom. The molecule has 0 atom stereocenters. The maximum Gasteiger partial charge on any atom is 0.231 e. The average Bonchev–Trinajstić information content (AvgIpc) is 2.86. The Morgan fingerprint density at radius 1 is 1.05 bits per heavy atom. The molecule has 3 rings (SSSR count). The number of anilines is 1. The van der Waals surface area contributed by atoms with Gasteiger partial charge in [0.25, 0.3) is 0 Å². The molecule has 1 aliphatic heterocycles. The van der Waals surface area contributed by atoms with Gasteiger partial charge in [0.15, 0.2) is 11.5 Å². The third-order valence-corrected chi connectivity index (χ3v) is 4.61. The summed E-state index contributed by atoms with van der Waals surface area (Å²) in [5, 5.41) is 4.37. The van der Waals surface area contributed by atoms with E-state index in [1.807, 2.05) is 12.1 Å². The Kier molecular flexibility index (Phi) is 4.54. The van der Waals surface area contributed by atoms with E-state index >= 15 is 0 Å². The number of fused-ring (bicyclic) bond motifs is 1. The summed E-state index contributed by atoms with van der Waals surface area (Å²) in [4.78, 5) is 0. The predicted octanol–water partition coefficient (Wildman–Crippen LogP) is 5.86. The molecule has 2 aromatic rings. The summed E-state index contributed by atoms with van der Waals surface area (Å²) in [7, 11) is 0. The smallest absolute Gasteiger partial charge is 0.231 e. The highest BCUT2D eigenvalue weighted by Gasteiger charge is 2.18. The lowest BCUT2D eigenvalue weighted by atomic mass is 10.2. The summed E-state index contributed by atoms with van der Waals surface area (Å²) in [5.74, 6) is 1.47. The number of rotatable bonds is 3. The van der Waals surface area contributed by atoms with E-state index in [1.54, 1.807) is 12.1 Å². The highest BCUT2D eigenvalue weighted by atomic mass is 79.9. The quantitative estimate of drug-likeness (QED) is 0.631. The first-order valence-electron chi connectivity index (χ1n) is 6.01. The van der Waals surface area contributed by atoms with Gasteiger partial charge in [-0.05, 0) is 45.8 Å². The SMILES string of the molecule is Clc1cc(Br)cc(Cl)c1NCc1cc(Br)c2c(c1)OCO2. The molecule has 21 heavy (non-hydrogen) atoms. The molecule has 0 fully saturated rings. The van der Waals surface area contributed by atoms with Crippen molar-refractivity contribution in [3.05, 3.63) is 48.8 Å². The van der Waals surface area contributed by atoms with Crippen molar-refractivity contribution in [2.75, 3.05) is 12.1 Å². The fourth-order valence-electron chi connectivity index (χ4n) is 2.02. The summed E-state index contributed by atoms with van der Waals surface area (Å²) in [6, 6.07) is 7.50. The van der Waals surface area contributed by atoms with E-state index in [0.29, 0.717) is 22.3 Å². The number of halogens is 4. The summed E-state index contributed by atoms with van der Waals surface area (Å²) in [6.45, 7) is 0.811. The Hall–Kier alpha value is -0.620. The number of ether oxygens (including phenoxy) is 2. The number of nitrogens with one attached hydrogen (secondary N) is 1. The van der Waals surface area contributed by atoms with Gasteiger partial charge in [-0.2, -0.15) is 0 Å². The standard InChI is InChI=1S/C14H9Br2Cl2NO2/c15-8-3-10(17)13(11(18)4-8)19-5-7-1-9(16)14-12(2-7)20-6-21-14/h1-4,19H,5-6H2. The molecule has 0 spiro atoms. The van der Waals surface area contributed by atoms with Crippen LogP contribution in [0.15, 0.2) is 33.2 Å². The minimum atomic E-state index is 0.245. The zero-order chi connectivity index (χ0) is 15.0. The summed E-state index contributed by atoms with van der Waals surface area (Å²) >= 11 is 19.2. The molecule has 110 valence electrons. The second kappa shape index (κ2) is 6.24. The van der Waals surface area contributed by atoms with E-state index in [2.05, 4.69) is 37.2 Å². The van der Waals surface area contributed by atoms with Crippen LogP contribution in [-0.2, 0) is 6.54 Å². The Balaban J connectivity index is 1.81. The van der Waals surface area contributed by atoms with Gasteiger partial charge in [0.05, 0.1) is 20.2 Å². The van der Waals surface area contributed by atoms with E-state index in [-0.39, 0.29) is 6.79 Å². The molecule has 2 aromatic carbocycles. The number of hydrogen-bond acceptors (Lipinski definition) is 3. The maximum absolute atomic E-state index is 6.20. The highest BCUT2D eigenvalue weighted by molar-refractivity contribution is 9.10. The first kappa shape index (κ1) is 15.3. The zero-order valence-electron chi connectivity index (χ0n) is 10.6. The van der Waals surface area contributed by atoms with Gasteiger partial charge in [-0.25, -0.2) is 0 Å². The summed E-state index contributed by atoms with van der Waals surface area (Å²) in [6.07, 6.45) is 0. The minimum absolute atomic E-state index is 0.245. The molecule has 3 nitrogen and oxygen atoms in total. The largest absolute Gasteiger partial charge is 0.454 e. The van der Waals surface area contributed by atoms with Crippen LogP contribution in [0.2, 0.25) is 10.0 Å². The Labute approximate surface area is 148 Å². The van der Waals surface area contributed by atoms with Gasteiger partial charge in [-0.15, -0.1) is 0 Å². The van der Waals surface area contributed by atoms with Crippen molar-refractivity contribution in [1.29, 1.82) is 0 Å². The van der Waals surface area contributed by atoms with Gasteiger partial charge in [-0.1, -0.05) is 39.1 Å². The van der Waals surface area contributed by atoms with Gasteiger partial charge in [0, 0.05) is 11.0 Å². The van der Waals surface area contributed by atoms with Crippen molar-refractivity contribution in [1.82, 2.24) is 0 Å². The lowest BCUT2D eigenvalue weighted by molar-refractivity contribution is 0.173. The Bertz CT molecular complexity index is 687. The second-order valence-electron chi connectivity index (χ2n) is 4.41. The molecule has 1 N–H and O–H groups in total. The van der Waals surface area contributed by atoms with Gasteiger partial charge in [-0.3, -0.25) is 0 Å². The van der Waals surface area contributed by atoms with Crippen molar-refractivity contribution < 1.29 is 9.47 Å². The molecule has 0 amide bonds. The molecule has 0 aliphatic carbocycles. The van der Waals surface area contributed by atoms with Crippen molar-refractivity contribution in [3.63, 3.8) is 0 Å². The van der Waals surface area contributed by atoms with Crippen LogP contribution in [0, 0.1) is 0 Å². The molecule has 7 heteroatoms. The van der Waals surface area contributed by atoms with Crippen molar-refractivity contribution in [3.8, 4) is 11.5 Å². The van der Waals surface area contributed by atoms with Gasteiger partial charge < -0.3 is 14.8 Å². The third-order valence-electron chi connectivity index (χ3n) is 2.96. The lowest BCUT2D eigenvalue weighted by Gasteiger charge is -2.12. The lowest BCUT2D eigenvalue weighted by Crippen LogP contribution is -2.01. The van der Waals surface area contributed by atoms with Crippen molar-refractivity contribution in [2.24, 2.45) is 0 Å². The first-order chi connectivity index (χ1) is 10.0. The molecule has 1 aliphatic rings. The topological polar surface area (TPSA) is 30.5 Å². The average molecular weight is 454 g/mol. The normalized spacial score (nSPS) is 12.6. The number of hydrogen-bond donors (Lipinski definition) is 1. The molecule has 0 bridgehead atoms. The van der Waals surface area contributed by atoms with E-state index in [4.69, 9.17) is 32.7 Å². The number of benzene rings is 2. The van der Waals surface area contributed by atoms with E-state index in [1.165, 1.54) is 0 Å². The van der Waals surface area contributed by atoms with Crippen LogP contribution in [0.5, 0.6) is 11.5 Å². The van der Waals surface area contributed by atoms with Crippen LogP contribution in [0.25, 0.3) is 0 Å². The van der Waals surface area contributed by atoms with Crippen molar-refractivity contribution >= 4 is 60.7 Å². The molecule has 0 unspecified atom stereocenters. The molecule has 1 heterocycles. The molecular formula is C14H9Br2Cl2NO2. The monoisotopic (exact) mass is 451 g/mol. The van der Waals surface area contributed by atoms with Gasteiger partial charge >= 0.3 is 0 Å². The summed E-state index contributed by atoms with van der Waals surface area (Å²) < 4.78 is 12.5. The van der Waals surface area contributed by atoms with Crippen molar-refractivity contribution in [2.45, 2.75) is 6.54 Å². The van der Waals surface area contributed by atoms with Gasteiger partial charge in [0.1, 0.15) is 0 Å². The molecule has 0 aromatic heterocycles. The van der Waals surface area contributed by atoms with Gasteiger partial charge in [0.2, 0.25) is 6.79 Å². The molecule has 0 saturated carbocycles. The fraction of sp³-hybridized carbons (Fsp3) is 0.143. The second-order valence-corrected chi connectivity index (χ2v) is 6.99. The molecule has 0 radical (unpaired) electrons. The predicted molar refractivity (Wildman–Crippen MR) is 91.8 cm³/mol. The summed E-state index contributed by atoms with van der Waals surface area (Å²) in [5.41, 5.74) is 1.73. The third kappa shape index (κ3) is 3.26. The van der Waals surface area contributed by atoms with E-state index in [0.717, 1.165) is 26.0 Å². The van der Waals surface area contributed by atoms with Crippen LogP contribution in [0.3, 0.4) is 0 Å². The van der Waals surface area contributed by atoms with Crippen LogP contribution in [0.4, 0.5) is 5.69 Å². The first-order valence-corrected chi connectivity index (χ1v) is 8.35.